The summed E-state index contributed by atoms with van der Waals surface area (Å²) in [5.74, 6) is 1.42. The lowest BCUT2D eigenvalue weighted by Gasteiger charge is -2.05. The third-order valence-electron chi connectivity index (χ3n) is 3.33. The fourth-order valence-electron chi connectivity index (χ4n) is 2.25. The normalized spacial score (nSPS) is 11.2. The molecule has 0 radical (unpaired) electrons. The Morgan fingerprint density at radius 3 is 2.89 bits per heavy atom. The van der Waals surface area contributed by atoms with Gasteiger partial charge in [-0.1, -0.05) is 0 Å². The molecule has 0 unspecified atom stereocenters. The Hall–Kier alpha value is -2.30. The molecule has 0 aromatic carbocycles. The number of furan rings is 1. The first-order valence-electron chi connectivity index (χ1n) is 5.76. The van der Waals surface area contributed by atoms with Crippen LogP contribution in [-0.2, 0) is 6.54 Å². The Labute approximate surface area is 104 Å². The first-order chi connectivity index (χ1) is 8.68. The topological polar surface area (TPSA) is 69.9 Å². The van der Waals surface area contributed by atoms with Gasteiger partial charge in [0.1, 0.15) is 23.6 Å². The van der Waals surface area contributed by atoms with Gasteiger partial charge in [-0.15, -0.1) is 0 Å². The Morgan fingerprint density at radius 2 is 2.17 bits per heavy atom. The molecule has 3 heterocycles. The number of aryl methyl sites for hydroxylation is 1. The maximum absolute atomic E-state index is 5.92. The highest BCUT2D eigenvalue weighted by Gasteiger charge is 2.15. The van der Waals surface area contributed by atoms with Crippen LogP contribution in [0, 0.1) is 13.8 Å². The Kier molecular flexibility index (Phi) is 2.33. The predicted octanol–water partition coefficient (Wildman–Crippen LogP) is 2.27. The average Bonchev–Trinajstić information content (AvgIpc) is 2.94. The van der Waals surface area contributed by atoms with E-state index in [0.29, 0.717) is 12.4 Å². The second-order valence-electron chi connectivity index (χ2n) is 4.33. The van der Waals surface area contributed by atoms with Crippen LogP contribution in [0.25, 0.3) is 11.0 Å². The highest BCUT2D eigenvalue weighted by Crippen LogP contribution is 2.27. The fraction of sp³-hybridized carbons (Fsp3) is 0.231. The molecule has 0 atom stereocenters. The van der Waals surface area contributed by atoms with Gasteiger partial charge in [0.05, 0.1) is 18.2 Å². The van der Waals surface area contributed by atoms with E-state index in [1.54, 1.807) is 6.26 Å². The fourth-order valence-corrected chi connectivity index (χ4v) is 2.25. The number of nitrogens with zero attached hydrogens (tertiary/aromatic N) is 3. The summed E-state index contributed by atoms with van der Waals surface area (Å²) in [6.07, 6.45) is 3.17. The molecule has 18 heavy (non-hydrogen) atoms. The van der Waals surface area contributed by atoms with E-state index < -0.39 is 0 Å². The van der Waals surface area contributed by atoms with E-state index in [-0.39, 0.29) is 0 Å². The summed E-state index contributed by atoms with van der Waals surface area (Å²) in [6.45, 7) is 4.75. The van der Waals surface area contributed by atoms with Crippen molar-refractivity contribution in [3.05, 3.63) is 41.7 Å². The van der Waals surface area contributed by atoms with Gasteiger partial charge >= 0.3 is 0 Å². The second kappa shape index (κ2) is 3.87. The summed E-state index contributed by atoms with van der Waals surface area (Å²) in [4.78, 5) is 8.38. The molecule has 3 aromatic heterocycles. The number of aromatic nitrogens is 3. The van der Waals surface area contributed by atoms with Crippen LogP contribution in [0.4, 0.5) is 5.82 Å². The van der Waals surface area contributed by atoms with Crippen LogP contribution in [0.2, 0.25) is 0 Å². The van der Waals surface area contributed by atoms with E-state index >= 15 is 0 Å². The van der Waals surface area contributed by atoms with E-state index in [0.717, 1.165) is 28.1 Å². The molecule has 2 N–H and O–H groups in total. The lowest BCUT2D eigenvalue weighted by atomic mass is 10.2. The molecule has 3 rings (SSSR count). The van der Waals surface area contributed by atoms with Gasteiger partial charge in [-0.25, -0.2) is 9.97 Å². The van der Waals surface area contributed by atoms with Gasteiger partial charge in [-0.3, -0.25) is 0 Å². The molecule has 0 aliphatic carbocycles. The summed E-state index contributed by atoms with van der Waals surface area (Å²) in [5.41, 5.74) is 9.03. The number of nitrogens with two attached hydrogens (primary N) is 1. The Bertz CT molecular complexity index is 697. The zero-order valence-electron chi connectivity index (χ0n) is 10.3. The molecule has 0 amide bonds. The van der Waals surface area contributed by atoms with Gasteiger partial charge in [0.15, 0.2) is 0 Å². The van der Waals surface area contributed by atoms with Crippen LogP contribution in [0.15, 0.2) is 29.1 Å². The number of hydrogen-bond donors (Lipinski definition) is 1. The van der Waals surface area contributed by atoms with Crippen LogP contribution in [0.5, 0.6) is 0 Å². The van der Waals surface area contributed by atoms with Crippen molar-refractivity contribution < 1.29 is 4.42 Å². The third kappa shape index (κ3) is 1.48. The zero-order chi connectivity index (χ0) is 12.7. The van der Waals surface area contributed by atoms with Crippen molar-refractivity contribution in [3.63, 3.8) is 0 Å². The lowest BCUT2D eigenvalue weighted by Crippen LogP contribution is -2.02. The van der Waals surface area contributed by atoms with Gasteiger partial charge in [0.25, 0.3) is 0 Å². The molecule has 0 saturated heterocycles. The SMILES string of the molecule is Cc1c(C)n(Cc2ccco2)c2ncnc(N)c12. The molecule has 5 nitrogen and oxygen atoms in total. The smallest absolute Gasteiger partial charge is 0.146 e. The van der Waals surface area contributed by atoms with Crippen molar-refractivity contribution in [3.8, 4) is 0 Å². The number of nitrogen functional groups attached to an aromatic ring is 1. The molecular formula is C13H14N4O. The molecule has 0 aliphatic rings. The number of rotatable bonds is 2. The molecular weight excluding hydrogens is 228 g/mol. The van der Waals surface area contributed by atoms with Gasteiger partial charge in [-0.2, -0.15) is 0 Å². The van der Waals surface area contributed by atoms with E-state index in [2.05, 4.69) is 21.5 Å². The van der Waals surface area contributed by atoms with Crippen molar-refractivity contribution in [2.75, 3.05) is 5.73 Å². The van der Waals surface area contributed by atoms with Gasteiger partial charge in [0.2, 0.25) is 0 Å². The minimum atomic E-state index is 0.527. The lowest BCUT2D eigenvalue weighted by molar-refractivity contribution is 0.494. The zero-order valence-corrected chi connectivity index (χ0v) is 10.3. The first kappa shape index (κ1) is 10.8. The number of anilines is 1. The summed E-state index contributed by atoms with van der Waals surface area (Å²) in [6, 6.07) is 3.83. The van der Waals surface area contributed by atoms with E-state index in [1.807, 2.05) is 19.1 Å². The molecule has 0 saturated carbocycles. The molecule has 0 fully saturated rings. The van der Waals surface area contributed by atoms with Crippen LogP contribution in [-0.4, -0.2) is 14.5 Å². The van der Waals surface area contributed by atoms with Crippen molar-refractivity contribution in [2.24, 2.45) is 0 Å². The van der Waals surface area contributed by atoms with Crippen molar-refractivity contribution in [1.82, 2.24) is 14.5 Å². The molecule has 92 valence electrons. The van der Waals surface area contributed by atoms with E-state index in [4.69, 9.17) is 10.2 Å². The second-order valence-corrected chi connectivity index (χ2v) is 4.33. The van der Waals surface area contributed by atoms with Gasteiger partial charge in [-0.05, 0) is 31.5 Å². The Morgan fingerprint density at radius 1 is 1.33 bits per heavy atom. The van der Waals surface area contributed by atoms with Gasteiger partial charge in [0, 0.05) is 5.69 Å². The van der Waals surface area contributed by atoms with Crippen LogP contribution < -0.4 is 5.73 Å². The van der Waals surface area contributed by atoms with Crippen molar-refractivity contribution in [1.29, 1.82) is 0 Å². The molecule has 0 aliphatic heterocycles. The minimum Gasteiger partial charge on any atom is -0.467 e. The van der Waals surface area contributed by atoms with Gasteiger partial charge < -0.3 is 14.7 Å². The van der Waals surface area contributed by atoms with Crippen molar-refractivity contribution in [2.45, 2.75) is 20.4 Å². The van der Waals surface area contributed by atoms with E-state index in [9.17, 15) is 0 Å². The number of hydrogen-bond acceptors (Lipinski definition) is 4. The minimum absolute atomic E-state index is 0.527. The summed E-state index contributed by atoms with van der Waals surface area (Å²) < 4.78 is 7.48. The average molecular weight is 242 g/mol. The summed E-state index contributed by atoms with van der Waals surface area (Å²) >= 11 is 0. The predicted molar refractivity (Wildman–Crippen MR) is 69.2 cm³/mol. The Balaban J connectivity index is 2.23. The standard InChI is InChI=1S/C13H14N4O/c1-8-9(2)17(6-10-4-3-5-18-10)13-11(8)12(14)15-7-16-13/h3-5,7H,6H2,1-2H3,(H2,14,15,16). The molecule has 3 aromatic rings. The van der Waals surface area contributed by atoms with E-state index in [1.165, 1.54) is 6.33 Å². The molecule has 0 bridgehead atoms. The molecule has 5 heteroatoms. The number of fused-ring (bicyclic) bond motifs is 1. The maximum Gasteiger partial charge on any atom is 0.146 e. The van der Waals surface area contributed by atoms with Crippen LogP contribution in [0.1, 0.15) is 17.0 Å². The van der Waals surface area contributed by atoms with Crippen molar-refractivity contribution >= 4 is 16.9 Å². The third-order valence-corrected chi connectivity index (χ3v) is 3.33. The quantitative estimate of drug-likeness (QED) is 0.748. The highest BCUT2D eigenvalue weighted by molar-refractivity contribution is 5.90. The van der Waals surface area contributed by atoms with Crippen LogP contribution in [0.3, 0.4) is 0 Å². The van der Waals surface area contributed by atoms with Crippen LogP contribution >= 0.6 is 0 Å². The monoisotopic (exact) mass is 242 g/mol. The summed E-state index contributed by atoms with van der Waals surface area (Å²) in [5, 5.41) is 0.932. The maximum atomic E-state index is 5.92. The summed E-state index contributed by atoms with van der Waals surface area (Å²) in [7, 11) is 0. The highest BCUT2D eigenvalue weighted by atomic mass is 16.3. The molecule has 0 spiro atoms. The largest absolute Gasteiger partial charge is 0.467 e. The first-order valence-corrected chi connectivity index (χ1v) is 5.76.